The van der Waals surface area contributed by atoms with Crippen molar-refractivity contribution in [2.24, 2.45) is 0 Å². The van der Waals surface area contributed by atoms with Crippen molar-refractivity contribution < 1.29 is 0 Å². The van der Waals surface area contributed by atoms with E-state index < -0.39 is 0 Å². The molecule has 0 bridgehead atoms. The minimum atomic E-state index is 0.731. The summed E-state index contributed by atoms with van der Waals surface area (Å²) in [6.45, 7) is 5.02. The summed E-state index contributed by atoms with van der Waals surface area (Å²) >= 11 is 3.68. The molecular weight excluding hydrogens is 324 g/mol. The highest BCUT2D eigenvalue weighted by Gasteiger charge is 2.30. The highest BCUT2D eigenvalue weighted by molar-refractivity contribution is 9.10. The predicted octanol–water partition coefficient (Wildman–Crippen LogP) is 4.16. The van der Waals surface area contributed by atoms with Gasteiger partial charge in [0.25, 0.3) is 0 Å². The second-order valence-electron chi connectivity index (χ2n) is 6.60. The summed E-state index contributed by atoms with van der Waals surface area (Å²) in [5.74, 6) is 0.747. The Balaban J connectivity index is 1.35. The van der Waals surface area contributed by atoms with Crippen LogP contribution >= 0.6 is 15.9 Å². The lowest BCUT2D eigenvalue weighted by Crippen LogP contribution is -2.43. The molecule has 0 aromatic heterocycles. The van der Waals surface area contributed by atoms with Crippen molar-refractivity contribution in [2.75, 3.05) is 26.2 Å². The molecule has 1 saturated heterocycles. The first kappa shape index (κ1) is 15.5. The van der Waals surface area contributed by atoms with E-state index in [-0.39, 0.29) is 0 Å². The van der Waals surface area contributed by atoms with Crippen LogP contribution in [0.2, 0.25) is 0 Å². The van der Waals surface area contributed by atoms with Gasteiger partial charge in [-0.2, -0.15) is 0 Å². The van der Waals surface area contributed by atoms with Crippen molar-refractivity contribution >= 4 is 15.9 Å². The zero-order valence-electron chi connectivity index (χ0n) is 12.9. The van der Waals surface area contributed by atoms with Crippen LogP contribution in [-0.4, -0.2) is 37.1 Å². The minimum Gasteiger partial charge on any atom is -0.313 e. The zero-order valence-corrected chi connectivity index (χ0v) is 14.4. The fraction of sp³-hybridized carbons (Fsp3) is 0.667. The molecule has 3 heteroatoms. The summed E-state index contributed by atoms with van der Waals surface area (Å²) in [7, 11) is 0. The van der Waals surface area contributed by atoms with E-state index in [4.69, 9.17) is 0 Å². The fourth-order valence-corrected chi connectivity index (χ4v) is 4.24. The molecule has 1 N–H and O–H groups in total. The quantitative estimate of drug-likeness (QED) is 0.857. The topological polar surface area (TPSA) is 15.3 Å². The summed E-state index contributed by atoms with van der Waals surface area (Å²) in [5.41, 5.74) is 1.49. The molecule has 1 saturated carbocycles. The largest absolute Gasteiger partial charge is 0.313 e. The minimum absolute atomic E-state index is 0.731. The van der Waals surface area contributed by atoms with E-state index in [1.165, 1.54) is 68.2 Å². The van der Waals surface area contributed by atoms with Gasteiger partial charge < -0.3 is 10.2 Å². The van der Waals surface area contributed by atoms with Crippen LogP contribution in [-0.2, 0) is 0 Å². The first-order valence-electron chi connectivity index (χ1n) is 8.53. The van der Waals surface area contributed by atoms with Crippen molar-refractivity contribution in [3.63, 3.8) is 0 Å². The van der Waals surface area contributed by atoms with E-state index >= 15 is 0 Å². The van der Waals surface area contributed by atoms with Crippen LogP contribution in [0.1, 0.15) is 50.0 Å². The van der Waals surface area contributed by atoms with Crippen molar-refractivity contribution in [1.82, 2.24) is 10.2 Å². The Morgan fingerprint density at radius 3 is 2.48 bits per heavy atom. The SMILES string of the molecule is Brc1ccccc1C1CC(NCCN2CCCCCC2)C1. The molecule has 0 atom stereocenters. The van der Waals surface area contributed by atoms with Crippen LogP contribution in [0.3, 0.4) is 0 Å². The summed E-state index contributed by atoms with van der Waals surface area (Å²) in [6.07, 6.45) is 8.24. The molecule has 1 aromatic rings. The Labute approximate surface area is 137 Å². The zero-order chi connectivity index (χ0) is 14.5. The van der Waals surface area contributed by atoms with Crippen LogP contribution in [0.15, 0.2) is 28.7 Å². The number of nitrogens with one attached hydrogen (secondary N) is 1. The van der Waals surface area contributed by atoms with Gasteiger partial charge in [-0.05, 0) is 56.3 Å². The molecule has 2 fully saturated rings. The van der Waals surface area contributed by atoms with Crippen LogP contribution in [0.5, 0.6) is 0 Å². The van der Waals surface area contributed by atoms with Gasteiger partial charge >= 0.3 is 0 Å². The van der Waals surface area contributed by atoms with Gasteiger partial charge in [-0.1, -0.05) is 47.0 Å². The Hall–Kier alpha value is -0.380. The van der Waals surface area contributed by atoms with Gasteiger partial charge in [0.1, 0.15) is 0 Å². The van der Waals surface area contributed by atoms with Crippen LogP contribution in [0, 0.1) is 0 Å². The molecule has 0 spiro atoms. The second-order valence-corrected chi connectivity index (χ2v) is 7.45. The third-order valence-electron chi connectivity index (χ3n) is 5.04. The van der Waals surface area contributed by atoms with Gasteiger partial charge in [-0.25, -0.2) is 0 Å². The molecule has 1 aliphatic heterocycles. The molecule has 3 rings (SSSR count). The van der Waals surface area contributed by atoms with Crippen molar-refractivity contribution in [2.45, 2.75) is 50.5 Å². The van der Waals surface area contributed by atoms with Gasteiger partial charge in [0, 0.05) is 23.6 Å². The van der Waals surface area contributed by atoms with Gasteiger partial charge in [0.05, 0.1) is 0 Å². The third-order valence-corrected chi connectivity index (χ3v) is 5.77. The van der Waals surface area contributed by atoms with Gasteiger partial charge in [-0.3, -0.25) is 0 Å². The van der Waals surface area contributed by atoms with E-state index in [2.05, 4.69) is 50.4 Å². The summed E-state index contributed by atoms with van der Waals surface area (Å²) in [5, 5.41) is 3.75. The average Bonchev–Trinajstić information content (AvgIpc) is 2.71. The molecule has 1 heterocycles. The first-order valence-corrected chi connectivity index (χ1v) is 9.32. The molecule has 1 aromatic carbocycles. The Morgan fingerprint density at radius 2 is 1.76 bits per heavy atom. The first-order chi connectivity index (χ1) is 10.3. The molecule has 2 aliphatic rings. The number of hydrogen-bond acceptors (Lipinski definition) is 2. The van der Waals surface area contributed by atoms with E-state index in [1.54, 1.807) is 0 Å². The van der Waals surface area contributed by atoms with E-state index in [1.807, 2.05) is 0 Å². The monoisotopic (exact) mass is 350 g/mol. The predicted molar refractivity (Wildman–Crippen MR) is 92.8 cm³/mol. The maximum atomic E-state index is 3.75. The Kier molecular flexibility index (Phi) is 5.73. The highest BCUT2D eigenvalue weighted by Crippen LogP contribution is 2.39. The summed E-state index contributed by atoms with van der Waals surface area (Å²) in [6, 6.07) is 9.41. The van der Waals surface area contributed by atoms with Crippen LogP contribution < -0.4 is 5.32 Å². The number of nitrogens with zero attached hydrogens (tertiary/aromatic N) is 1. The van der Waals surface area contributed by atoms with E-state index in [9.17, 15) is 0 Å². The van der Waals surface area contributed by atoms with Crippen molar-refractivity contribution in [3.05, 3.63) is 34.3 Å². The number of likely N-dealkylation sites (tertiary alicyclic amines) is 1. The second kappa shape index (κ2) is 7.75. The van der Waals surface area contributed by atoms with Crippen molar-refractivity contribution in [3.8, 4) is 0 Å². The fourth-order valence-electron chi connectivity index (χ4n) is 3.63. The molecular formula is C18H27BrN2. The smallest absolute Gasteiger partial charge is 0.0210 e. The van der Waals surface area contributed by atoms with Crippen molar-refractivity contribution in [1.29, 1.82) is 0 Å². The average molecular weight is 351 g/mol. The molecule has 21 heavy (non-hydrogen) atoms. The van der Waals surface area contributed by atoms with E-state index in [0.717, 1.165) is 18.5 Å². The normalized spacial score (nSPS) is 27.1. The molecule has 0 amide bonds. The van der Waals surface area contributed by atoms with Crippen LogP contribution in [0.25, 0.3) is 0 Å². The molecule has 0 radical (unpaired) electrons. The molecule has 0 unspecified atom stereocenters. The lowest BCUT2D eigenvalue weighted by atomic mass is 9.76. The van der Waals surface area contributed by atoms with Gasteiger partial charge in [-0.15, -0.1) is 0 Å². The molecule has 2 nitrogen and oxygen atoms in total. The Bertz CT molecular complexity index is 435. The summed E-state index contributed by atoms with van der Waals surface area (Å²) in [4.78, 5) is 2.64. The molecule has 116 valence electrons. The lowest BCUT2D eigenvalue weighted by Gasteiger charge is -2.37. The van der Waals surface area contributed by atoms with E-state index in [0.29, 0.717) is 0 Å². The number of benzene rings is 1. The molecule has 1 aliphatic carbocycles. The maximum Gasteiger partial charge on any atom is 0.0210 e. The lowest BCUT2D eigenvalue weighted by molar-refractivity contribution is 0.248. The highest BCUT2D eigenvalue weighted by atomic mass is 79.9. The van der Waals surface area contributed by atoms with Crippen LogP contribution in [0.4, 0.5) is 0 Å². The van der Waals surface area contributed by atoms with Gasteiger partial charge in [0.2, 0.25) is 0 Å². The Morgan fingerprint density at radius 1 is 1.05 bits per heavy atom. The summed E-state index contributed by atoms with van der Waals surface area (Å²) < 4.78 is 1.28. The number of rotatable bonds is 5. The van der Waals surface area contributed by atoms with Gasteiger partial charge in [0.15, 0.2) is 0 Å². The number of halogens is 1. The number of hydrogen-bond donors (Lipinski definition) is 1. The maximum absolute atomic E-state index is 3.75. The standard InChI is InChI=1S/C18H27BrN2/c19-18-8-4-3-7-17(18)15-13-16(14-15)20-9-12-21-10-5-1-2-6-11-21/h3-4,7-8,15-16,20H,1-2,5-6,9-14H2. The third kappa shape index (κ3) is 4.30.